The van der Waals surface area contributed by atoms with Gasteiger partial charge in [0, 0.05) is 23.9 Å². The van der Waals surface area contributed by atoms with Gasteiger partial charge in [-0.1, -0.05) is 18.0 Å². The second kappa shape index (κ2) is 10.4. The molecule has 1 amide bonds. The molecule has 0 aromatic carbocycles. The Morgan fingerprint density at radius 1 is 1.15 bits per heavy atom. The maximum atomic E-state index is 13.1. The molecule has 3 heterocycles. The van der Waals surface area contributed by atoms with Crippen molar-refractivity contribution in [3.05, 3.63) is 32.5 Å². The highest BCUT2D eigenvalue weighted by molar-refractivity contribution is 7.91. The first-order valence-corrected chi connectivity index (χ1v) is 14.6. The molecule has 1 aliphatic heterocycles. The van der Waals surface area contributed by atoms with Crippen molar-refractivity contribution in [1.82, 2.24) is 4.31 Å². The van der Waals surface area contributed by atoms with E-state index >= 15 is 0 Å². The summed E-state index contributed by atoms with van der Waals surface area (Å²) < 4.78 is 33.0. The maximum Gasteiger partial charge on any atom is 0.341 e. The smallest absolute Gasteiger partial charge is 0.341 e. The van der Waals surface area contributed by atoms with E-state index in [4.69, 9.17) is 16.3 Å². The van der Waals surface area contributed by atoms with Crippen LogP contribution in [0.2, 0.25) is 4.34 Å². The van der Waals surface area contributed by atoms with Crippen molar-refractivity contribution in [2.45, 2.75) is 56.1 Å². The summed E-state index contributed by atoms with van der Waals surface area (Å²) in [5.41, 5.74) is 1.52. The van der Waals surface area contributed by atoms with E-state index in [1.165, 1.54) is 21.7 Å². The van der Waals surface area contributed by atoms with Gasteiger partial charge in [0.25, 0.3) is 10.0 Å². The lowest BCUT2D eigenvalue weighted by Gasteiger charge is -2.30. The van der Waals surface area contributed by atoms with E-state index in [1.54, 1.807) is 13.0 Å². The van der Waals surface area contributed by atoms with Gasteiger partial charge in [-0.15, -0.1) is 22.7 Å². The van der Waals surface area contributed by atoms with Crippen LogP contribution in [0, 0.1) is 5.92 Å². The summed E-state index contributed by atoms with van der Waals surface area (Å²) in [6.45, 7) is 2.58. The number of anilines is 1. The number of amides is 1. The third-order valence-corrected chi connectivity index (χ3v) is 10.9. The molecular formula is C22H27ClN2O5S3. The highest BCUT2D eigenvalue weighted by atomic mass is 35.5. The lowest BCUT2D eigenvalue weighted by Crippen LogP contribution is -2.41. The number of nitrogens with one attached hydrogen (secondary N) is 1. The molecule has 1 saturated heterocycles. The van der Waals surface area contributed by atoms with E-state index in [1.807, 2.05) is 0 Å². The van der Waals surface area contributed by atoms with Crippen LogP contribution in [0.15, 0.2) is 16.3 Å². The van der Waals surface area contributed by atoms with Gasteiger partial charge in [0.2, 0.25) is 5.91 Å². The monoisotopic (exact) mass is 530 g/mol. The second-order valence-electron chi connectivity index (χ2n) is 8.22. The Hall–Kier alpha value is -1.46. The lowest BCUT2D eigenvalue weighted by atomic mass is 9.97. The van der Waals surface area contributed by atoms with Crippen molar-refractivity contribution >= 4 is 61.2 Å². The first-order valence-electron chi connectivity index (χ1n) is 11.2. The number of aryl methyl sites for hydroxylation is 1. The van der Waals surface area contributed by atoms with E-state index in [0.717, 1.165) is 53.9 Å². The standard InChI is InChI=1S/C22H27ClN2O5S3/c1-2-30-22(27)19-15-6-4-3-5-7-16(15)31-21(19)24-20(26)14-10-12-25(13-11-14)33(28,29)18-9-8-17(23)32-18/h8-9,14H,2-7,10-13H2,1H3,(H,24,26). The highest BCUT2D eigenvalue weighted by Gasteiger charge is 2.34. The summed E-state index contributed by atoms with van der Waals surface area (Å²) in [5.74, 6) is -0.878. The number of piperidine rings is 1. The molecular weight excluding hydrogens is 504 g/mol. The largest absolute Gasteiger partial charge is 0.462 e. The molecule has 33 heavy (non-hydrogen) atoms. The number of hydrogen-bond acceptors (Lipinski definition) is 7. The number of rotatable bonds is 6. The summed E-state index contributed by atoms with van der Waals surface area (Å²) in [6, 6.07) is 3.09. The Kier molecular flexibility index (Phi) is 7.80. The summed E-state index contributed by atoms with van der Waals surface area (Å²) in [5, 5.41) is 3.54. The van der Waals surface area contributed by atoms with Crippen LogP contribution in [0.4, 0.5) is 5.00 Å². The fraction of sp³-hybridized carbons (Fsp3) is 0.545. The first-order chi connectivity index (χ1) is 15.8. The molecule has 2 aromatic heterocycles. The van der Waals surface area contributed by atoms with Crippen LogP contribution in [0.5, 0.6) is 0 Å². The number of carbonyl (C=O) groups excluding carboxylic acids is 2. The molecule has 1 N–H and O–H groups in total. The quantitative estimate of drug-likeness (QED) is 0.421. The molecule has 1 fully saturated rings. The van der Waals surface area contributed by atoms with Gasteiger partial charge in [0.05, 0.1) is 16.5 Å². The van der Waals surface area contributed by atoms with Crippen LogP contribution in [0.1, 0.15) is 59.8 Å². The van der Waals surface area contributed by atoms with Gasteiger partial charge in [0.15, 0.2) is 0 Å². The fourth-order valence-electron chi connectivity index (χ4n) is 4.39. The van der Waals surface area contributed by atoms with Crippen LogP contribution in [-0.2, 0) is 32.4 Å². The SMILES string of the molecule is CCOC(=O)c1c(NC(=O)C2CCN(S(=O)(=O)c3ccc(Cl)s3)CC2)sc2c1CCCCC2. The van der Waals surface area contributed by atoms with E-state index in [2.05, 4.69) is 5.32 Å². The number of halogens is 1. The highest BCUT2D eigenvalue weighted by Crippen LogP contribution is 2.39. The van der Waals surface area contributed by atoms with Gasteiger partial charge in [-0.05, 0) is 63.1 Å². The summed E-state index contributed by atoms with van der Waals surface area (Å²) in [4.78, 5) is 26.9. The molecule has 0 unspecified atom stereocenters. The van der Waals surface area contributed by atoms with E-state index in [9.17, 15) is 18.0 Å². The van der Waals surface area contributed by atoms with E-state index in [-0.39, 0.29) is 41.7 Å². The van der Waals surface area contributed by atoms with Gasteiger partial charge in [-0.2, -0.15) is 4.31 Å². The zero-order valence-electron chi connectivity index (χ0n) is 18.4. The number of hydrogen-bond donors (Lipinski definition) is 1. The van der Waals surface area contributed by atoms with Gasteiger partial charge >= 0.3 is 5.97 Å². The van der Waals surface area contributed by atoms with Gasteiger partial charge in [-0.25, -0.2) is 13.2 Å². The molecule has 2 aromatic rings. The first kappa shape index (κ1) is 24.7. The average molecular weight is 531 g/mol. The van der Waals surface area contributed by atoms with Crippen molar-refractivity contribution in [1.29, 1.82) is 0 Å². The molecule has 1 aliphatic carbocycles. The molecule has 0 spiro atoms. The Labute approximate surface area is 207 Å². The Balaban J connectivity index is 1.46. The van der Waals surface area contributed by atoms with Crippen molar-refractivity contribution in [3.8, 4) is 0 Å². The molecule has 11 heteroatoms. The van der Waals surface area contributed by atoms with E-state index < -0.39 is 10.0 Å². The Morgan fingerprint density at radius 3 is 2.55 bits per heavy atom. The van der Waals surface area contributed by atoms with Crippen LogP contribution in [0.25, 0.3) is 0 Å². The van der Waals surface area contributed by atoms with Crippen molar-refractivity contribution < 1.29 is 22.7 Å². The minimum absolute atomic E-state index is 0.173. The maximum absolute atomic E-state index is 13.1. The number of nitrogens with zero attached hydrogens (tertiary/aromatic N) is 1. The van der Waals surface area contributed by atoms with Crippen LogP contribution in [0.3, 0.4) is 0 Å². The lowest BCUT2D eigenvalue weighted by molar-refractivity contribution is -0.120. The molecule has 180 valence electrons. The average Bonchev–Trinajstić information content (AvgIpc) is 3.30. The predicted molar refractivity (Wildman–Crippen MR) is 131 cm³/mol. The zero-order valence-corrected chi connectivity index (χ0v) is 21.6. The molecule has 4 rings (SSSR count). The second-order valence-corrected chi connectivity index (χ2v) is 13.2. The fourth-order valence-corrected chi connectivity index (χ4v) is 8.77. The minimum Gasteiger partial charge on any atom is -0.462 e. The number of sulfonamides is 1. The third kappa shape index (κ3) is 5.30. The Bertz CT molecular complexity index is 1130. The van der Waals surface area contributed by atoms with Gasteiger partial charge < -0.3 is 10.1 Å². The number of carbonyl (C=O) groups is 2. The van der Waals surface area contributed by atoms with E-state index in [0.29, 0.717) is 27.7 Å². The number of esters is 1. The van der Waals surface area contributed by atoms with Gasteiger partial charge in [-0.3, -0.25) is 4.79 Å². The molecule has 0 radical (unpaired) electrons. The van der Waals surface area contributed by atoms with Crippen molar-refractivity contribution in [3.63, 3.8) is 0 Å². The minimum atomic E-state index is -3.60. The molecule has 0 atom stereocenters. The van der Waals surface area contributed by atoms with Gasteiger partial charge in [0.1, 0.15) is 9.21 Å². The Morgan fingerprint density at radius 2 is 1.88 bits per heavy atom. The number of ether oxygens (including phenoxy) is 1. The summed E-state index contributed by atoms with van der Waals surface area (Å²) in [6.07, 6.45) is 5.79. The topological polar surface area (TPSA) is 92.8 Å². The molecule has 0 saturated carbocycles. The van der Waals surface area contributed by atoms with Crippen LogP contribution < -0.4 is 5.32 Å². The summed E-state index contributed by atoms with van der Waals surface area (Å²) >= 11 is 8.41. The van der Waals surface area contributed by atoms with Crippen molar-refractivity contribution in [2.75, 3.05) is 25.0 Å². The van der Waals surface area contributed by atoms with Crippen LogP contribution >= 0.6 is 34.3 Å². The predicted octanol–water partition coefficient (Wildman–Crippen LogP) is 4.95. The van der Waals surface area contributed by atoms with Crippen LogP contribution in [-0.4, -0.2) is 44.3 Å². The zero-order chi connectivity index (χ0) is 23.6. The molecule has 0 bridgehead atoms. The number of thiophene rings is 2. The third-order valence-electron chi connectivity index (χ3n) is 6.11. The summed E-state index contributed by atoms with van der Waals surface area (Å²) in [7, 11) is -3.60. The van der Waals surface area contributed by atoms with Crippen molar-refractivity contribution in [2.24, 2.45) is 5.92 Å². The number of fused-ring (bicyclic) bond motifs is 1. The normalized spacial score (nSPS) is 17.9. The molecule has 2 aliphatic rings. The molecule has 7 nitrogen and oxygen atoms in total.